The van der Waals surface area contributed by atoms with E-state index in [4.69, 9.17) is 11.6 Å². The Hall–Kier alpha value is -0.770. The monoisotopic (exact) mass is 290 g/mol. The lowest BCUT2D eigenvalue weighted by molar-refractivity contribution is -0.121. The number of nitrogens with one attached hydrogen (secondary N) is 2. The van der Waals surface area contributed by atoms with Gasteiger partial charge in [-0.15, -0.1) is 12.4 Å². The first kappa shape index (κ1) is 17.2. The van der Waals surface area contributed by atoms with Crippen molar-refractivity contribution in [3.8, 4) is 0 Å². The number of hydrogen-bond acceptors (Lipinski definition) is 2. The zero-order valence-electron chi connectivity index (χ0n) is 10.7. The van der Waals surface area contributed by atoms with Crippen molar-refractivity contribution in [2.45, 2.75) is 25.8 Å². The van der Waals surface area contributed by atoms with Crippen LogP contribution in [0.1, 0.15) is 18.9 Å². The van der Waals surface area contributed by atoms with E-state index in [0.29, 0.717) is 25.4 Å². The third-order valence-electron chi connectivity index (χ3n) is 2.68. The van der Waals surface area contributed by atoms with Crippen LogP contribution in [-0.4, -0.2) is 25.5 Å². The van der Waals surface area contributed by atoms with E-state index in [0.717, 1.165) is 10.6 Å². The Labute approximate surface area is 120 Å². The lowest BCUT2D eigenvalue weighted by Crippen LogP contribution is -2.37. The number of aryl methyl sites for hydroxylation is 1. The first-order chi connectivity index (χ1) is 8.13. The Balaban J connectivity index is 0.00000289. The highest BCUT2D eigenvalue weighted by Gasteiger charge is 2.05. The van der Waals surface area contributed by atoms with E-state index in [1.54, 1.807) is 0 Å². The summed E-state index contributed by atoms with van der Waals surface area (Å²) in [5, 5.41) is 6.67. The molecule has 102 valence electrons. The van der Waals surface area contributed by atoms with Gasteiger partial charge in [-0.3, -0.25) is 4.79 Å². The standard InChI is InChI=1S/C13H19ClN2O.ClH/c1-10(15-2)9-16-13(17)8-7-11-5-3-4-6-12(11)14;/h3-6,10,15H,7-9H2,1-2H3,(H,16,17);1H. The number of rotatable bonds is 6. The summed E-state index contributed by atoms with van der Waals surface area (Å²) in [5.74, 6) is 0.0621. The van der Waals surface area contributed by atoms with E-state index in [1.165, 1.54) is 0 Å². The molecule has 0 aliphatic carbocycles. The van der Waals surface area contributed by atoms with Gasteiger partial charge in [0.2, 0.25) is 5.91 Å². The second-order valence-electron chi connectivity index (χ2n) is 4.09. The number of likely N-dealkylation sites (N-methyl/N-ethyl adjacent to an activating group) is 1. The minimum Gasteiger partial charge on any atom is -0.355 e. The first-order valence-electron chi connectivity index (χ1n) is 5.81. The molecule has 0 aliphatic rings. The molecule has 0 heterocycles. The Morgan fingerprint density at radius 3 is 2.67 bits per heavy atom. The highest BCUT2D eigenvalue weighted by molar-refractivity contribution is 6.31. The van der Waals surface area contributed by atoms with Gasteiger partial charge in [0.05, 0.1) is 0 Å². The summed E-state index contributed by atoms with van der Waals surface area (Å²) >= 11 is 6.02. The van der Waals surface area contributed by atoms with Gasteiger partial charge in [0.1, 0.15) is 0 Å². The van der Waals surface area contributed by atoms with Crippen molar-refractivity contribution in [2.24, 2.45) is 0 Å². The largest absolute Gasteiger partial charge is 0.355 e. The van der Waals surface area contributed by atoms with Crippen molar-refractivity contribution in [2.75, 3.05) is 13.6 Å². The molecule has 0 fully saturated rings. The van der Waals surface area contributed by atoms with Gasteiger partial charge in [-0.25, -0.2) is 0 Å². The van der Waals surface area contributed by atoms with E-state index >= 15 is 0 Å². The molecular formula is C13H20Cl2N2O. The summed E-state index contributed by atoms with van der Waals surface area (Å²) in [5.41, 5.74) is 1.02. The summed E-state index contributed by atoms with van der Waals surface area (Å²) in [7, 11) is 1.88. The quantitative estimate of drug-likeness (QED) is 0.845. The van der Waals surface area contributed by atoms with E-state index < -0.39 is 0 Å². The van der Waals surface area contributed by atoms with Crippen molar-refractivity contribution < 1.29 is 4.79 Å². The molecule has 2 N–H and O–H groups in total. The summed E-state index contributed by atoms with van der Waals surface area (Å²) in [4.78, 5) is 11.6. The highest BCUT2D eigenvalue weighted by atomic mass is 35.5. The molecule has 1 unspecified atom stereocenters. The molecule has 1 rings (SSSR count). The second kappa shape index (κ2) is 9.20. The molecule has 0 spiro atoms. The molecular weight excluding hydrogens is 271 g/mol. The van der Waals surface area contributed by atoms with E-state index in [-0.39, 0.29) is 18.3 Å². The zero-order valence-corrected chi connectivity index (χ0v) is 12.3. The van der Waals surface area contributed by atoms with Gasteiger partial charge < -0.3 is 10.6 Å². The van der Waals surface area contributed by atoms with Crippen LogP contribution in [-0.2, 0) is 11.2 Å². The van der Waals surface area contributed by atoms with Crippen LogP contribution in [0.4, 0.5) is 0 Å². The molecule has 5 heteroatoms. The molecule has 1 amide bonds. The van der Waals surface area contributed by atoms with Crippen molar-refractivity contribution >= 4 is 29.9 Å². The predicted molar refractivity (Wildman–Crippen MR) is 78.6 cm³/mol. The third kappa shape index (κ3) is 6.24. The topological polar surface area (TPSA) is 41.1 Å². The molecule has 0 bridgehead atoms. The Morgan fingerprint density at radius 2 is 2.06 bits per heavy atom. The lowest BCUT2D eigenvalue weighted by Gasteiger charge is -2.11. The fourth-order valence-electron chi connectivity index (χ4n) is 1.41. The van der Waals surface area contributed by atoms with Crippen molar-refractivity contribution in [1.82, 2.24) is 10.6 Å². The smallest absolute Gasteiger partial charge is 0.220 e. The number of benzene rings is 1. The molecule has 18 heavy (non-hydrogen) atoms. The number of carbonyl (C=O) groups excluding carboxylic acids is 1. The van der Waals surface area contributed by atoms with Crippen LogP contribution >= 0.6 is 24.0 Å². The average molecular weight is 291 g/mol. The molecule has 3 nitrogen and oxygen atoms in total. The lowest BCUT2D eigenvalue weighted by atomic mass is 10.1. The highest BCUT2D eigenvalue weighted by Crippen LogP contribution is 2.16. The number of hydrogen-bond donors (Lipinski definition) is 2. The van der Waals surface area contributed by atoms with E-state index in [2.05, 4.69) is 10.6 Å². The van der Waals surface area contributed by atoms with Crippen LogP contribution in [0.15, 0.2) is 24.3 Å². The number of carbonyl (C=O) groups is 1. The van der Waals surface area contributed by atoms with Gasteiger partial charge in [-0.2, -0.15) is 0 Å². The Kier molecular flexibility index (Phi) is 8.81. The summed E-state index contributed by atoms with van der Waals surface area (Å²) in [6.07, 6.45) is 1.15. The van der Waals surface area contributed by atoms with Gasteiger partial charge >= 0.3 is 0 Å². The van der Waals surface area contributed by atoms with Crippen LogP contribution < -0.4 is 10.6 Å². The fraction of sp³-hybridized carbons (Fsp3) is 0.462. The molecule has 0 saturated heterocycles. The maximum atomic E-state index is 11.6. The fourth-order valence-corrected chi connectivity index (χ4v) is 1.64. The average Bonchev–Trinajstić information content (AvgIpc) is 2.35. The van der Waals surface area contributed by atoms with E-state index in [9.17, 15) is 4.79 Å². The molecule has 0 aromatic heterocycles. The minimum absolute atomic E-state index is 0. The van der Waals surface area contributed by atoms with Crippen molar-refractivity contribution in [3.63, 3.8) is 0 Å². The molecule has 0 aliphatic heterocycles. The minimum atomic E-state index is 0. The van der Waals surface area contributed by atoms with Gasteiger partial charge in [0.15, 0.2) is 0 Å². The maximum Gasteiger partial charge on any atom is 0.220 e. The second-order valence-corrected chi connectivity index (χ2v) is 4.49. The van der Waals surface area contributed by atoms with Crippen LogP contribution in [0.5, 0.6) is 0 Å². The molecule has 0 saturated carbocycles. The third-order valence-corrected chi connectivity index (χ3v) is 3.05. The van der Waals surface area contributed by atoms with Gasteiger partial charge in [0, 0.05) is 24.0 Å². The predicted octanol–water partition coefficient (Wildman–Crippen LogP) is 2.42. The van der Waals surface area contributed by atoms with Gasteiger partial charge in [-0.05, 0) is 32.0 Å². The van der Waals surface area contributed by atoms with Gasteiger partial charge in [-0.1, -0.05) is 29.8 Å². The maximum absolute atomic E-state index is 11.6. The van der Waals surface area contributed by atoms with Crippen molar-refractivity contribution in [1.29, 1.82) is 0 Å². The van der Waals surface area contributed by atoms with Crippen LogP contribution in [0.2, 0.25) is 5.02 Å². The Morgan fingerprint density at radius 1 is 1.39 bits per heavy atom. The molecule has 0 radical (unpaired) electrons. The summed E-state index contributed by atoms with van der Waals surface area (Å²) < 4.78 is 0. The number of halogens is 2. The van der Waals surface area contributed by atoms with Crippen molar-refractivity contribution in [3.05, 3.63) is 34.9 Å². The van der Waals surface area contributed by atoms with Crippen LogP contribution in [0.25, 0.3) is 0 Å². The molecule has 1 aromatic rings. The molecule has 1 atom stereocenters. The summed E-state index contributed by atoms with van der Waals surface area (Å²) in [6, 6.07) is 7.91. The van der Waals surface area contributed by atoms with Gasteiger partial charge in [0.25, 0.3) is 0 Å². The van der Waals surface area contributed by atoms with Crippen LogP contribution in [0.3, 0.4) is 0 Å². The zero-order chi connectivity index (χ0) is 12.7. The summed E-state index contributed by atoms with van der Waals surface area (Å²) in [6.45, 7) is 2.67. The SMILES string of the molecule is CNC(C)CNC(=O)CCc1ccccc1Cl.Cl. The first-order valence-corrected chi connectivity index (χ1v) is 6.18. The molecule has 1 aromatic carbocycles. The number of amides is 1. The van der Waals surface area contributed by atoms with Crippen LogP contribution in [0, 0.1) is 0 Å². The Bertz CT molecular complexity index is 372. The van der Waals surface area contributed by atoms with E-state index in [1.807, 2.05) is 38.2 Å². The normalized spacial score (nSPS) is 11.5.